The minimum Gasteiger partial charge on any atom is -0.386 e. The predicted octanol–water partition coefficient (Wildman–Crippen LogP) is 1.96. The van der Waals surface area contributed by atoms with Gasteiger partial charge in [-0.05, 0) is 24.5 Å². The Morgan fingerprint density at radius 2 is 2.20 bits per heavy atom. The molecule has 2 heterocycles. The molecule has 0 bridgehead atoms. The Hall–Kier alpha value is -1.55. The molecule has 0 radical (unpaired) electrons. The number of fused-ring (bicyclic) bond motifs is 1. The molecule has 20 heavy (non-hydrogen) atoms. The molecule has 4 heteroatoms. The lowest BCUT2D eigenvalue weighted by molar-refractivity contribution is -0.158. The molecule has 2 N–H and O–H groups in total. The number of rotatable bonds is 3. The van der Waals surface area contributed by atoms with E-state index in [1.165, 1.54) is 0 Å². The Bertz CT molecular complexity index is 509. The summed E-state index contributed by atoms with van der Waals surface area (Å²) in [6.07, 6.45) is 2.56. The van der Waals surface area contributed by atoms with Gasteiger partial charge < -0.3 is 15.3 Å². The van der Waals surface area contributed by atoms with Crippen LogP contribution in [0.2, 0.25) is 0 Å². The summed E-state index contributed by atoms with van der Waals surface area (Å²) in [5.41, 5.74) is 1.52. The van der Waals surface area contributed by atoms with Gasteiger partial charge in [-0.2, -0.15) is 0 Å². The molecule has 108 valence electrons. The van der Waals surface area contributed by atoms with E-state index in [0.717, 1.165) is 37.1 Å². The van der Waals surface area contributed by atoms with Gasteiger partial charge in [0.25, 0.3) is 0 Å². The number of benzene rings is 1. The normalized spacial score (nSPS) is 23.5. The standard InChI is InChI=1S/C16H22N2O2/c1-2-8-16(20)10-18(11-16)15(19)13-7-9-17-14-6-4-3-5-12(13)14/h3-6,13,17,20H,2,7-11H2,1H3. The number of anilines is 1. The molecule has 1 amide bonds. The van der Waals surface area contributed by atoms with E-state index in [1.807, 2.05) is 29.2 Å². The van der Waals surface area contributed by atoms with Gasteiger partial charge in [-0.25, -0.2) is 0 Å². The summed E-state index contributed by atoms with van der Waals surface area (Å²) in [4.78, 5) is 14.4. The summed E-state index contributed by atoms with van der Waals surface area (Å²) in [6, 6.07) is 8.03. The maximum absolute atomic E-state index is 12.6. The van der Waals surface area contributed by atoms with E-state index >= 15 is 0 Å². The second-order valence-corrected chi connectivity index (χ2v) is 6.02. The molecule has 0 saturated carbocycles. The lowest BCUT2D eigenvalue weighted by atomic mass is 9.84. The quantitative estimate of drug-likeness (QED) is 0.886. The molecular formula is C16H22N2O2. The van der Waals surface area contributed by atoms with Crippen LogP contribution < -0.4 is 5.32 Å². The van der Waals surface area contributed by atoms with Crippen molar-refractivity contribution in [2.75, 3.05) is 25.0 Å². The third-order valence-electron chi connectivity index (χ3n) is 4.38. The van der Waals surface area contributed by atoms with Crippen molar-refractivity contribution in [1.82, 2.24) is 4.90 Å². The van der Waals surface area contributed by atoms with Gasteiger partial charge in [-0.3, -0.25) is 4.79 Å². The van der Waals surface area contributed by atoms with Gasteiger partial charge in [0, 0.05) is 12.2 Å². The molecule has 1 unspecified atom stereocenters. The SMILES string of the molecule is CCCC1(O)CN(C(=O)C2CCNc3ccccc32)C1. The molecule has 0 aromatic heterocycles. The Balaban J connectivity index is 1.71. The maximum atomic E-state index is 12.6. The predicted molar refractivity (Wildman–Crippen MR) is 78.7 cm³/mol. The van der Waals surface area contributed by atoms with Gasteiger partial charge in [0.2, 0.25) is 5.91 Å². The third-order valence-corrected chi connectivity index (χ3v) is 4.38. The van der Waals surface area contributed by atoms with Crippen LogP contribution in [0.15, 0.2) is 24.3 Å². The highest BCUT2D eigenvalue weighted by Crippen LogP contribution is 2.35. The summed E-state index contributed by atoms with van der Waals surface area (Å²) in [6.45, 7) is 3.88. The van der Waals surface area contributed by atoms with Gasteiger partial charge in [0.15, 0.2) is 0 Å². The van der Waals surface area contributed by atoms with Crippen LogP contribution >= 0.6 is 0 Å². The molecule has 2 aliphatic heterocycles. The average molecular weight is 274 g/mol. The van der Waals surface area contributed by atoms with E-state index in [9.17, 15) is 9.90 Å². The zero-order chi connectivity index (χ0) is 14.2. The number of hydrogen-bond acceptors (Lipinski definition) is 3. The molecule has 4 nitrogen and oxygen atoms in total. The van der Waals surface area contributed by atoms with Crippen molar-refractivity contribution in [2.24, 2.45) is 0 Å². The first-order valence-corrected chi connectivity index (χ1v) is 7.47. The number of aliphatic hydroxyl groups is 1. The third kappa shape index (κ3) is 2.29. The van der Waals surface area contributed by atoms with Crippen LogP contribution in [-0.2, 0) is 4.79 Å². The number of β-amino-alcohol motifs (C(OH)–C–C–N with tert-alkyl or cyclic N) is 1. The second-order valence-electron chi connectivity index (χ2n) is 6.02. The maximum Gasteiger partial charge on any atom is 0.230 e. The number of amides is 1. The minimum atomic E-state index is -0.642. The van der Waals surface area contributed by atoms with Gasteiger partial charge in [-0.1, -0.05) is 31.5 Å². The molecule has 1 aromatic rings. The lowest BCUT2D eigenvalue weighted by Crippen LogP contribution is -2.64. The van der Waals surface area contributed by atoms with E-state index < -0.39 is 5.60 Å². The monoisotopic (exact) mass is 274 g/mol. The van der Waals surface area contributed by atoms with Crippen molar-refractivity contribution in [3.63, 3.8) is 0 Å². The van der Waals surface area contributed by atoms with Crippen molar-refractivity contribution in [2.45, 2.75) is 37.7 Å². The van der Waals surface area contributed by atoms with Gasteiger partial charge in [-0.15, -0.1) is 0 Å². The number of carbonyl (C=O) groups excluding carboxylic acids is 1. The molecule has 1 aromatic carbocycles. The Morgan fingerprint density at radius 1 is 1.45 bits per heavy atom. The van der Waals surface area contributed by atoms with E-state index in [4.69, 9.17) is 0 Å². The van der Waals surface area contributed by atoms with Crippen molar-refractivity contribution in [1.29, 1.82) is 0 Å². The molecule has 0 spiro atoms. The zero-order valence-electron chi connectivity index (χ0n) is 11.9. The number of carbonyl (C=O) groups is 1. The van der Waals surface area contributed by atoms with E-state index in [0.29, 0.717) is 13.1 Å². The molecule has 0 aliphatic carbocycles. The first-order chi connectivity index (χ1) is 9.63. The number of para-hydroxylation sites is 1. The van der Waals surface area contributed by atoms with E-state index in [1.54, 1.807) is 0 Å². The van der Waals surface area contributed by atoms with Gasteiger partial charge in [0.1, 0.15) is 0 Å². The first kappa shape index (κ1) is 13.4. The summed E-state index contributed by atoms with van der Waals surface area (Å²) >= 11 is 0. The van der Waals surface area contributed by atoms with Crippen LogP contribution in [0, 0.1) is 0 Å². The average Bonchev–Trinajstić information content (AvgIpc) is 2.43. The van der Waals surface area contributed by atoms with Crippen molar-refractivity contribution < 1.29 is 9.90 Å². The van der Waals surface area contributed by atoms with Crippen LogP contribution in [-0.4, -0.2) is 41.1 Å². The number of nitrogens with zero attached hydrogens (tertiary/aromatic N) is 1. The smallest absolute Gasteiger partial charge is 0.230 e. The fourth-order valence-corrected chi connectivity index (χ4v) is 3.39. The van der Waals surface area contributed by atoms with Crippen LogP contribution in [0.5, 0.6) is 0 Å². The topological polar surface area (TPSA) is 52.6 Å². The first-order valence-electron chi connectivity index (χ1n) is 7.47. The van der Waals surface area contributed by atoms with Crippen LogP contribution in [0.3, 0.4) is 0 Å². The summed E-state index contributed by atoms with van der Waals surface area (Å²) in [5, 5.41) is 13.6. The number of likely N-dealkylation sites (tertiary alicyclic amines) is 1. The van der Waals surface area contributed by atoms with Crippen LogP contribution in [0.1, 0.15) is 37.7 Å². The van der Waals surface area contributed by atoms with E-state index in [2.05, 4.69) is 12.2 Å². The van der Waals surface area contributed by atoms with E-state index in [-0.39, 0.29) is 11.8 Å². The highest BCUT2D eigenvalue weighted by molar-refractivity contribution is 5.87. The van der Waals surface area contributed by atoms with Crippen molar-refractivity contribution in [3.05, 3.63) is 29.8 Å². The van der Waals surface area contributed by atoms with Crippen LogP contribution in [0.25, 0.3) is 0 Å². The highest BCUT2D eigenvalue weighted by atomic mass is 16.3. The second kappa shape index (κ2) is 5.09. The Kier molecular flexibility index (Phi) is 3.42. The summed E-state index contributed by atoms with van der Waals surface area (Å²) < 4.78 is 0. The molecule has 1 atom stereocenters. The number of nitrogens with one attached hydrogen (secondary N) is 1. The molecule has 1 fully saturated rings. The minimum absolute atomic E-state index is 0.0568. The largest absolute Gasteiger partial charge is 0.386 e. The Labute approximate surface area is 119 Å². The Morgan fingerprint density at radius 3 is 2.95 bits per heavy atom. The highest BCUT2D eigenvalue weighted by Gasteiger charge is 2.44. The molecular weight excluding hydrogens is 252 g/mol. The van der Waals surface area contributed by atoms with Crippen molar-refractivity contribution in [3.8, 4) is 0 Å². The summed E-state index contributed by atoms with van der Waals surface area (Å²) in [7, 11) is 0. The molecule has 2 aliphatic rings. The number of hydrogen-bond donors (Lipinski definition) is 2. The molecule has 3 rings (SSSR count). The van der Waals surface area contributed by atoms with Crippen molar-refractivity contribution >= 4 is 11.6 Å². The summed E-state index contributed by atoms with van der Waals surface area (Å²) in [5.74, 6) is 0.110. The lowest BCUT2D eigenvalue weighted by Gasteiger charge is -2.48. The fraction of sp³-hybridized carbons (Fsp3) is 0.562. The van der Waals surface area contributed by atoms with Gasteiger partial charge in [0.05, 0.1) is 24.6 Å². The van der Waals surface area contributed by atoms with Gasteiger partial charge >= 0.3 is 0 Å². The fourth-order valence-electron chi connectivity index (χ4n) is 3.39. The molecule has 1 saturated heterocycles. The van der Waals surface area contributed by atoms with Crippen LogP contribution in [0.4, 0.5) is 5.69 Å². The zero-order valence-corrected chi connectivity index (χ0v) is 11.9.